The Hall–Kier alpha value is -0.870. The van der Waals surface area contributed by atoms with E-state index in [2.05, 4.69) is 12.0 Å². The second-order valence-electron chi connectivity index (χ2n) is 4.02. The Balaban J connectivity index is 2.85. The molecule has 4 heteroatoms. The van der Waals surface area contributed by atoms with E-state index in [1.54, 1.807) is 10.9 Å². The number of aromatic nitrogens is 2. The maximum atomic E-state index is 6.21. The molecule has 2 atom stereocenters. The van der Waals surface area contributed by atoms with Gasteiger partial charge in [-0.3, -0.25) is 4.68 Å². The summed E-state index contributed by atoms with van der Waals surface area (Å²) < 4.78 is 7.50. The summed E-state index contributed by atoms with van der Waals surface area (Å²) in [6.45, 7) is 6.81. The highest BCUT2D eigenvalue weighted by Gasteiger charge is 2.32. The van der Waals surface area contributed by atoms with Crippen molar-refractivity contribution in [2.75, 3.05) is 6.61 Å². The van der Waals surface area contributed by atoms with E-state index in [1.807, 2.05) is 27.1 Å². The maximum Gasteiger partial charge on any atom is 0.0844 e. The molecule has 0 aliphatic heterocycles. The van der Waals surface area contributed by atoms with E-state index < -0.39 is 0 Å². The second-order valence-corrected chi connectivity index (χ2v) is 4.02. The Labute approximate surface area is 91.4 Å². The van der Waals surface area contributed by atoms with Gasteiger partial charge in [-0.2, -0.15) is 5.10 Å². The van der Waals surface area contributed by atoms with E-state index >= 15 is 0 Å². The van der Waals surface area contributed by atoms with Gasteiger partial charge in [0.1, 0.15) is 0 Å². The largest absolute Gasteiger partial charge is 0.374 e. The third-order valence-electron chi connectivity index (χ3n) is 2.92. The summed E-state index contributed by atoms with van der Waals surface area (Å²) in [7, 11) is 1.89. The fourth-order valence-electron chi connectivity index (χ4n) is 1.69. The van der Waals surface area contributed by atoms with Crippen LogP contribution in [0.4, 0.5) is 0 Å². The van der Waals surface area contributed by atoms with Crippen molar-refractivity contribution < 1.29 is 4.74 Å². The number of hydrogen-bond donors (Lipinski definition) is 1. The number of ether oxygens (including phenoxy) is 1. The van der Waals surface area contributed by atoms with E-state index in [1.165, 1.54) is 0 Å². The summed E-state index contributed by atoms with van der Waals surface area (Å²) in [4.78, 5) is 0. The first-order valence-electron chi connectivity index (χ1n) is 5.41. The zero-order valence-electron chi connectivity index (χ0n) is 10.0. The lowest BCUT2D eigenvalue weighted by molar-refractivity contribution is -0.0472. The quantitative estimate of drug-likeness (QED) is 0.805. The molecule has 2 N–H and O–H groups in total. The van der Waals surface area contributed by atoms with Crippen molar-refractivity contribution in [1.82, 2.24) is 9.78 Å². The van der Waals surface area contributed by atoms with Crippen molar-refractivity contribution in [3.63, 3.8) is 0 Å². The summed E-state index contributed by atoms with van der Waals surface area (Å²) >= 11 is 0. The predicted molar refractivity (Wildman–Crippen MR) is 60.5 cm³/mol. The van der Waals surface area contributed by atoms with Gasteiger partial charge in [0, 0.05) is 25.4 Å². The van der Waals surface area contributed by atoms with Crippen molar-refractivity contribution in [2.45, 2.75) is 38.8 Å². The SMILES string of the molecule is CCOC(C)(CC)C(N)c1cnn(C)c1. The van der Waals surface area contributed by atoms with Crippen LogP contribution in [0.2, 0.25) is 0 Å². The van der Waals surface area contributed by atoms with Crippen LogP contribution in [-0.2, 0) is 11.8 Å². The van der Waals surface area contributed by atoms with Gasteiger partial charge >= 0.3 is 0 Å². The van der Waals surface area contributed by atoms with Crippen molar-refractivity contribution in [2.24, 2.45) is 12.8 Å². The van der Waals surface area contributed by atoms with Crippen LogP contribution in [0.1, 0.15) is 38.8 Å². The molecular formula is C11H21N3O. The highest BCUT2D eigenvalue weighted by molar-refractivity contribution is 5.14. The van der Waals surface area contributed by atoms with Gasteiger partial charge in [0.25, 0.3) is 0 Å². The molecule has 1 aromatic heterocycles. The molecule has 15 heavy (non-hydrogen) atoms. The van der Waals surface area contributed by atoms with Crippen LogP contribution in [0.15, 0.2) is 12.4 Å². The first-order chi connectivity index (χ1) is 7.03. The van der Waals surface area contributed by atoms with Crippen molar-refractivity contribution >= 4 is 0 Å². The zero-order valence-corrected chi connectivity index (χ0v) is 10.0. The summed E-state index contributed by atoms with van der Waals surface area (Å²) in [5.41, 5.74) is 6.92. The predicted octanol–water partition coefficient (Wildman–Crippen LogP) is 1.63. The Bertz CT molecular complexity index is 311. The van der Waals surface area contributed by atoms with Gasteiger partial charge in [-0.05, 0) is 20.3 Å². The summed E-state index contributed by atoms with van der Waals surface area (Å²) in [5.74, 6) is 0. The smallest absolute Gasteiger partial charge is 0.0844 e. The van der Waals surface area contributed by atoms with Gasteiger partial charge < -0.3 is 10.5 Å². The lowest BCUT2D eigenvalue weighted by Crippen LogP contribution is -2.40. The monoisotopic (exact) mass is 211 g/mol. The molecule has 0 aromatic carbocycles. The van der Waals surface area contributed by atoms with Gasteiger partial charge in [-0.15, -0.1) is 0 Å². The second kappa shape index (κ2) is 4.77. The van der Waals surface area contributed by atoms with Crippen LogP contribution in [0.25, 0.3) is 0 Å². The van der Waals surface area contributed by atoms with E-state index in [-0.39, 0.29) is 11.6 Å². The number of rotatable bonds is 5. The molecular weight excluding hydrogens is 190 g/mol. The fourth-order valence-corrected chi connectivity index (χ4v) is 1.69. The van der Waals surface area contributed by atoms with E-state index in [0.29, 0.717) is 6.61 Å². The van der Waals surface area contributed by atoms with Crippen LogP contribution < -0.4 is 5.73 Å². The third kappa shape index (κ3) is 2.58. The molecule has 1 rings (SSSR count). The first-order valence-corrected chi connectivity index (χ1v) is 5.41. The molecule has 4 nitrogen and oxygen atoms in total. The first kappa shape index (κ1) is 12.2. The van der Waals surface area contributed by atoms with Crippen molar-refractivity contribution in [1.29, 1.82) is 0 Å². The Morgan fingerprint density at radius 2 is 2.27 bits per heavy atom. The molecule has 0 amide bonds. The van der Waals surface area contributed by atoms with Crippen LogP contribution >= 0.6 is 0 Å². The minimum absolute atomic E-state index is 0.129. The van der Waals surface area contributed by atoms with Crippen molar-refractivity contribution in [3.8, 4) is 0 Å². The summed E-state index contributed by atoms with van der Waals surface area (Å²) in [6.07, 6.45) is 4.63. The lowest BCUT2D eigenvalue weighted by atomic mass is 9.90. The Kier molecular flexibility index (Phi) is 3.88. The molecule has 1 heterocycles. The Morgan fingerprint density at radius 1 is 1.60 bits per heavy atom. The standard InChI is InChI=1S/C11H21N3O/c1-5-11(3,15-6-2)10(12)9-7-13-14(4)8-9/h7-8,10H,5-6,12H2,1-4H3. The average molecular weight is 211 g/mol. The molecule has 0 fully saturated rings. The third-order valence-corrected chi connectivity index (χ3v) is 2.92. The molecule has 0 saturated heterocycles. The van der Waals surface area contributed by atoms with Crippen LogP contribution in [0.5, 0.6) is 0 Å². The van der Waals surface area contributed by atoms with Gasteiger partial charge in [0.2, 0.25) is 0 Å². The van der Waals surface area contributed by atoms with Gasteiger partial charge in [-0.1, -0.05) is 6.92 Å². The maximum absolute atomic E-state index is 6.21. The number of nitrogens with two attached hydrogens (primary N) is 1. The van der Waals surface area contributed by atoms with Crippen LogP contribution in [0.3, 0.4) is 0 Å². The van der Waals surface area contributed by atoms with E-state index in [4.69, 9.17) is 10.5 Å². The molecule has 0 bridgehead atoms. The fraction of sp³-hybridized carbons (Fsp3) is 0.727. The molecule has 0 radical (unpaired) electrons. The molecule has 0 aliphatic carbocycles. The Morgan fingerprint density at radius 3 is 2.67 bits per heavy atom. The van der Waals surface area contributed by atoms with Gasteiger partial charge in [0.15, 0.2) is 0 Å². The number of hydrogen-bond acceptors (Lipinski definition) is 3. The zero-order chi connectivity index (χ0) is 11.5. The molecule has 86 valence electrons. The summed E-state index contributed by atoms with van der Waals surface area (Å²) in [5, 5.41) is 4.13. The topological polar surface area (TPSA) is 53.1 Å². The van der Waals surface area contributed by atoms with Crippen molar-refractivity contribution in [3.05, 3.63) is 18.0 Å². The average Bonchev–Trinajstić information content (AvgIpc) is 2.64. The highest BCUT2D eigenvalue weighted by Crippen LogP contribution is 2.29. The minimum atomic E-state index is -0.308. The normalized spacial score (nSPS) is 17.4. The van der Waals surface area contributed by atoms with E-state index in [0.717, 1.165) is 12.0 Å². The number of nitrogens with zero attached hydrogens (tertiary/aromatic N) is 2. The highest BCUT2D eigenvalue weighted by atomic mass is 16.5. The van der Waals surface area contributed by atoms with E-state index in [9.17, 15) is 0 Å². The van der Waals surface area contributed by atoms with Gasteiger partial charge in [0.05, 0.1) is 17.8 Å². The minimum Gasteiger partial charge on any atom is -0.374 e. The number of aryl methyl sites for hydroxylation is 1. The molecule has 2 unspecified atom stereocenters. The molecule has 1 aromatic rings. The lowest BCUT2D eigenvalue weighted by Gasteiger charge is -2.33. The van der Waals surface area contributed by atoms with Crippen LogP contribution in [-0.4, -0.2) is 22.0 Å². The molecule has 0 aliphatic rings. The molecule has 0 spiro atoms. The molecule has 0 saturated carbocycles. The van der Waals surface area contributed by atoms with Crippen LogP contribution in [0, 0.1) is 0 Å². The van der Waals surface area contributed by atoms with Gasteiger partial charge in [-0.25, -0.2) is 0 Å². The summed E-state index contributed by atoms with van der Waals surface area (Å²) in [6, 6.07) is -0.129.